The number of rotatable bonds is 8. The van der Waals surface area contributed by atoms with Crippen molar-refractivity contribution in [3.05, 3.63) is 54.2 Å². The Morgan fingerprint density at radius 3 is 2.29 bits per heavy atom. The third-order valence-corrected chi connectivity index (χ3v) is 5.94. The molecule has 9 nitrogen and oxygen atoms in total. The minimum Gasteiger partial charge on any atom is -0.495 e. The highest BCUT2D eigenvalue weighted by molar-refractivity contribution is 5.85. The van der Waals surface area contributed by atoms with Gasteiger partial charge in [0.1, 0.15) is 17.5 Å². The van der Waals surface area contributed by atoms with Gasteiger partial charge in [-0.15, -0.1) is 0 Å². The summed E-state index contributed by atoms with van der Waals surface area (Å²) in [6, 6.07) is 17.5. The van der Waals surface area contributed by atoms with Crippen LogP contribution in [0.5, 0.6) is 5.75 Å². The van der Waals surface area contributed by atoms with Crippen LogP contribution in [0.15, 0.2) is 48.5 Å². The minimum absolute atomic E-state index is 0.241. The van der Waals surface area contributed by atoms with Crippen LogP contribution in [0.4, 0.5) is 11.5 Å². The Morgan fingerprint density at radius 2 is 1.63 bits per heavy atom. The molecule has 0 bridgehead atoms. The van der Waals surface area contributed by atoms with E-state index in [0.717, 1.165) is 24.5 Å². The average Bonchev–Trinajstić information content (AvgIpc) is 2.89. The second kappa shape index (κ2) is 11.0. The Kier molecular flexibility index (Phi) is 7.63. The molecule has 4 rings (SSSR count). The summed E-state index contributed by atoms with van der Waals surface area (Å²) in [5.41, 5.74) is 2.67. The van der Waals surface area contributed by atoms with Crippen molar-refractivity contribution in [1.82, 2.24) is 9.97 Å². The molecule has 2 aromatic carbocycles. The number of ether oxygens (including phenoxy) is 3. The summed E-state index contributed by atoms with van der Waals surface area (Å²) < 4.78 is 16.0. The van der Waals surface area contributed by atoms with Gasteiger partial charge in [0.05, 0.1) is 36.5 Å². The van der Waals surface area contributed by atoms with Gasteiger partial charge < -0.3 is 24.0 Å². The number of hydrogen-bond acceptors (Lipinski definition) is 9. The standard InChI is InChI=1S/C26H29N5O4/c1-18(17-33-2)35-26(32)19(16-27)24-25(29-21-9-5-4-8-20(21)28-24)31-14-12-30(13-15-31)22-10-6-7-11-23(22)34-3/h4-11,18-19H,12-15,17H2,1-3H3/t18-,19-/m1/s1. The number of hydrogen-bond donors (Lipinski definition) is 0. The molecule has 2 atom stereocenters. The molecule has 1 fully saturated rings. The number of aromatic nitrogens is 2. The summed E-state index contributed by atoms with van der Waals surface area (Å²) in [7, 11) is 3.20. The molecule has 35 heavy (non-hydrogen) atoms. The first-order valence-electron chi connectivity index (χ1n) is 11.5. The maximum absolute atomic E-state index is 12.9. The van der Waals surface area contributed by atoms with Crippen molar-refractivity contribution in [2.45, 2.75) is 18.9 Å². The Hall–Kier alpha value is -3.90. The summed E-state index contributed by atoms with van der Waals surface area (Å²) >= 11 is 0. The average molecular weight is 476 g/mol. The third-order valence-electron chi connectivity index (χ3n) is 5.94. The second-order valence-electron chi connectivity index (χ2n) is 8.33. The fourth-order valence-corrected chi connectivity index (χ4v) is 4.24. The van der Waals surface area contributed by atoms with Crippen LogP contribution in [0.3, 0.4) is 0 Å². The number of fused-ring (bicyclic) bond motifs is 1. The number of benzene rings is 2. The quantitative estimate of drug-likeness (QED) is 0.455. The maximum Gasteiger partial charge on any atom is 0.330 e. The molecule has 182 valence electrons. The molecule has 0 saturated carbocycles. The fraction of sp³-hybridized carbons (Fsp3) is 0.385. The van der Waals surface area contributed by atoms with Gasteiger partial charge in [0.2, 0.25) is 0 Å². The molecule has 0 N–H and O–H groups in total. The van der Waals surface area contributed by atoms with E-state index < -0.39 is 18.0 Å². The monoisotopic (exact) mass is 475 g/mol. The van der Waals surface area contributed by atoms with Crippen molar-refractivity contribution in [3.63, 3.8) is 0 Å². The van der Waals surface area contributed by atoms with E-state index in [0.29, 0.717) is 35.6 Å². The van der Waals surface area contributed by atoms with Crippen LogP contribution in [-0.4, -0.2) is 69.0 Å². The molecular formula is C26H29N5O4. The van der Waals surface area contributed by atoms with Crippen LogP contribution in [0.1, 0.15) is 18.5 Å². The predicted octanol–water partition coefficient (Wildman–Crippen LogP) is 3.15. The van der Waals surface area contributed by atoms with E-state index in [1.165, 1.54) is 7.11 Å². The van der Waals surface area contributed by atoms with Gasteiger partial charge in [0.25, 0.3) is 0 Å². The molecule has 3 aromatic rings. The van der Waals surface area contributed by atoms with Gasteiger partial charge in [-0.3, -0.25) is 4.79 Å². The largest absolute Gasteiger partial charge is 0.495 e. The SMILES string of the molecule is COC[C@@H](C)OC(=O)[C@H](C#N)c1nc2ccccc2nc1N1CCN(c2ccccc2OC)CC1. The number of nitriles is 1. The highest BCUT2D eigenvalue weighted by atomic mass is 16.6. The van der Waals surface area contributed by atoms with Crippen molar-refractivity contribution in [2.75, 3.05) is 56.8 Å². The van der Waals surface area contributed by atoms with Gasteiger partial charge in [-0.2, -0.15) is 5.26 Å². The maximum atomic E-state index is 12.9. The van der Waals surface area contributed by atoms with Gasteiger partial charge in [-0.05, 0) is 31.2 Å². The first-order valence-corrected chi connectivity index (χ1v) is 11.5. The number of nitrogens with zero attached hydrogens (tertiary/aromatic N) is 5. The second-order valence-corrected chi connectivity index (χ2v) is 8.33. The number of para-hydroxylation sites is 4. The third kappa shape index (κ3) is 5.28. The lowest BCUT2D eigenvalue weighted by atomic mass is 10.1. The zero-order valence-corrected chi connectivity index (χ0v) is 20.2. The van der Waals surface area contributed by atoms with Crippen LogP contribution in [0.25, 0.3) is 11.0 Å². The molecule has 0 radical (unpaired) electrons. The van der Waals surface area contributed by atoms with Crippen LogP contribution >= 0.6 is 0 Å². The zero-order chi connectivity index (χ0) is 24.8. The van der Waals surface area contributed by atoms with Crippen LogP contribution in [0.2, 0.25) is 0 Å². The predicted molar refractivity (Wildman–Crippen MR) is 133 cm³/mol. The lowest BCUT2D eigenvalue weighted by molar-refractivity contribution is -0.150. The molecule has 1 aromatic heterocycles. The molecule has 1 aliphatic rings. The van der Waals surface area contributed by atoms with Gasteiger partial charge in [-0.1, -0.05) is 24.3 Å². The Morgan fingerprint density at radius 1 is 1.00 bits per heavy atom. The molecule has 1 aliphatic heterocycles. The fourth-order valence-electron chi connectivity index (χ4n) is 4.24. The highest BCUT2D eigenvalue weighted by Crippen LogP contribution is 2.32. The van der Waals surface area contributed by atoms with Gasteiger partial charge >= 0.3 is 5.97 Å². The van der Waals surface area contributed by atoms with E-state index in [1.54, 1.807) is 14.0 Å². The van der Waals surface area contributed by atoms with Crippen molar-refractivity contribution in [3.8, 4) is 11.8 Å². The minimum atomic E-state index is -1.20. The molecular weight excluding hydrogens is 446 g/mol. The Balaban J connectivity index is 1.64. The van der Waals surface area contributed by atoms with E-state index in [1.807, 2.05) is 48.5 Å². The molecule has 2 heterocycles. The molecule has 0 unspecified atom stereocenters. The van der Waals surface area contributed by atoms with Crippen LogP contribution in [-0.2, 0) is 14.3 Å². The number of carbonyl (C=O) groups is 1. The summed E-state index contributed by atoms with van der Waals surface area (Å²) in [5, 5.41) is 9.95. The van der Waals surface area contributed by atoms with Gasteiger partial charge in [0, 0.05) is 33.3 Å². The van der Waals surface area contributed by atoms with Crippen LogP contribution in [0, 0.1) is 11.3 Å². The normalized spacial score (nSPS) is 15.4. The number of methoxy groups -OCH3 is 2. The van der Waals surface area contributed by atoms with Crippen molar-refractivity contribution in [1.29, 1.82) is 5.26 Å². The van der Waals surface area contributed by atoms with Crippen molar-refractivity contribution in [2.24, 2.45) is 0 Å². The Labute approximate surface area is 204 Å². The summed E-state index contributed by atoms with van der Waals surface area (Å²) in [6.45, 7) is 4.70. The molecule has 1 saturated heterocycles. The highest BCUT2D eigenvalue weighted by Gasteiger charge is 2.32. The smallest absolute Gasteiger partial charge is 0.330 e. The van der Waals surface area contributed by atoms with E-state index in [4.69, 9.17) is 24.2 Å². The molecule has 9 heteroatoms. The molecule has 0 aliphatic carbocycles. The first kappa shape index (κ1) is 24.2. The first-order chi connectivity index (χ1) is 17.0. The Bertz CT molecular complexity index is 1220. The lowest BCUT2D eigenvalue weighted by Gasteiger charge is -2.38. The summed E-state index contributed by atoms with van der Waals surface area (Å²) in [6.07, 6.45) is -0.482. The van der Waals surface area contributed by atoms with E-state index in [2.05, 4.69) is 15.9 Å². The number of piperazine rings is 1. The van der Waals surface area contributed by atoms with Gasteiger partial charge in [0.15, 0.2) is 11.7 Å². The summed E-state index contributed by atoms with van der Waals surface area (Å²) in [4.78, 5) is 26.8. The van der Waals surface area contributed by atoms with E-state index in [9.17, 15) is 10.1 Å². The number of esters is 1. The number of anilines is 2. The topological polar surface area (TPSA) is 101 Å². The molecule has 0 amide bonds. The lowest BCUT2D eigenvalue weighted by Crippen LogP contribution is -2.47. The van der Waals surface area contributed by atoms with Crippen molar-refractivity contribution < 1.29 is 19.0 Å². The van der Waals surface area contributed by atoms with Crippen LogP contribution < -0.4 is 14.5 Å². The van der Waals surface area contributed by atoms with Gasteiger partial charge in [-0.25, -0.2) is 9.97 Å². The van der Waals surface area contributed by atoms with E-state index in [-0.39, 0.29) is 6.61 Å². The molecule has 0 spiro atoms. The van der Waals surface area contributed by atoms with Crippen molar-refractivity contribution >= 4 is 28.5 Å². The summed E-state index contributed by atoms with van der Waals surface area (Å²) in [5.74, 6) is -0.500. The zero-order valence-electron chi connectivity index (χ0n) is 20.2. The van der Waals surface area contributed by atoms with E-state index >= 15 is 0 Å². The number of carbonyl (C=O) groups excluding carboxylic acids is 1.